The van der Waals surface area contributed by atoms with E-state index in [4.69, 9.17) is 12.2 Å². The third kappa shape index (κ3) is 3.42. The average Bonchev–Trinajstić information content (AvgIpc) is 3.41. The standard InChI is InChI=1S/C23H22F2N6S/c1-2-14-8-6-7-11-18(14)30-22(28-29-23(30)32)16-13-26-31-19(20(24)25)12-17(27-21(16)31)15-9-4-3-5-10-15/h3-11,13,17,19-20,27H,2,12H2,1H3,(H,29,32)/t17-,19-/m0/s1. The lowest BCUT2D eigenvalue weighted by Crippen LogP contribution is -2.31. The van der Waals surface area contributed by atoms with E-state index in [0.717, 1.165) is 23.2 Å². The Morgan fingerprint density at radius 3 is 2.62 bits per heavy atom. The molecule has 9 heteroatoms. The molecule has 32 heavy (non-hydrogen) atoms. The minimum absolute atomic E-state index is 0.237. The smallest absolute Gasteiger partial charge is 0.260 e. The van der Waals surface area contributed by atoms with Crippen LogP contribution in [-0.4, -0.2) is 31.0 Å². The van der Waals surface area contributed by atoms with Gasteiger partial charge in [0, 0.05) is 0 Å². The van der Waals surface area contributed by atoms with Crippen molar-refractivity contribution >= 4 is 18.0 Å². The zero-order valence-electron chi connectivity index (χ0n) is 17.4. The maximum absolute atomic E-state index is 14.0. The van der Waals surface area contributed by atoms with Gasteiger partial charge in [-0.2, -0.15) is 10.2 Å². The van der Waals surface area contributed by atoms with Crippen LogP contribution in [-0.2, 0) is 6.42 Å². The van der Waals surface area contributed by atoms with Crippen molar-refractivity contribution in [3.05, 3.63) is 76.7 Å². The molecule has 0 aliphatic carbocycles. The van der Waals surface area contributed by atoms with Crippen LogP contribution < -0.4 is 5.32 Å². The fourth-order valence-corrected chi connectivity index (χ4v) is 4.56. The van der Waals surface area contributed by atoms with Gasteiger partial charge in [0.25, 0.3) is 6.43 Å². The van der Waals surface area contributed by atoms with E-state index in [2.05, 4.69) is 27.5 Å². The summed E-state index contributed by atoms with van der Waals surface area (Å²) in [5, 5.41) is 15.1. The molecule has 0 fully saturated rings. The number of aromatic amines is 1. The van der Waals surface area contributed by atoms with Crippen LogP contribution in [0.5, 0.6) is 0 Å². The Labute approximate surface area is 188 Å². The first-order valence-electron chi connectivity index (χ1n) is 10.5. The maximum atomic E-state index is 14.0. The van der Waals surface area contributed by atoms with E-state index in [1.807, 2.05) is 59.2 Å². The van der Waals surface area contributed by atoms with Gasteiger partial charge in [-0.15, -0.1) is 0 Å². The van der Waals surface area contributed by atoms with Gasteiger partial charge in [0.1, 0.15) is 11.9 Å². The number of rotatable bonds is 5. The molecule has 0 unspecified atom stereocenters. The van der Waals surface area contributed by atoms with Gasteiger partial charge in [0.2, 0.25) is 0 Å². The van der Waals surface area contributed by atoms with Crippen molar-refractivity contribution in [1.82, 2.24) is 24.5 Å². The van der Waals surface area contributed by atoms with Gasteiger partial charge in [0.05, 0.1) is 23.5 Å². The third-order valence-electron chi connectivity index (χ3n) is 5.92. The molecule has 3 heterocycles. The number of hydrogen-bond acceptors (Lipinski definition) is 4. The molecule has 1 aliphatic rings. The second-order valence-electron chi connectivity index (χ2n) is 7.77. The summed E-state index contributed by atoms with van der Waals surface area (Å²) in [6.45, 7) is 2.07. The predicted octanol–water partition coefficient (Wildman–Crippen LogP) is 5.72. The molecule has 4 aromatic rings. The van der Waals surface area contributed by atoms with Crippen LogP contribution in [0.3, 0.4) is 0 Å². The molecule has 164 valence electrons. The molecule has 0 amide bonds. The molecule has 0 spiro atoms. The largest absolute Gasteiger partial charge is 0.363 e. The van der Waals surface area contributed by atoms with E-state index < -0.39 is 12.5 Å². The van der Waals surface area contributed by atoms with Crippen molar-refractivity contribution in [2.45, 2.75) is 38.3 Å². The normalized spacial score (nSPS) is 17.9. The number of benzene rings is 2. The molecule has 0 saturated carbocycles. The van der Waals surface area contributed by atoms with Gasteiger partial charge in [-0.25, -0.2) is 13.5 Å². The number of aromatic nitrogens is 5. The highest BCUT2D eigenvalue weighted by Gasteiger charge is 2.36. The molecule has 1 aliphatic heterocycles. The van der Waals surface area contributed by atoms with Crippen molar-refractivity contribution in [2.75, 3.05) is 5.32 Å². The number of nitrogens with zero attached hydrogens (tertiary/aromatic N) is 4. The summed E-state index contributed by atoms with van der Waals surface area (Å²) >= 11 is 5.53. The van der Waals surface area contributed by atoms with Crippen molar-refractivity contribution in [3.63, 3.8) is 0 Å². The highest BCUT2D eigenvalue weighted by Crippen LogP contribution is 2.42. The molecule has 6 nitrogen and oxygen atoms in total. The quantitative estimate of drug-likeness (QED) is 0.380. The van der Waals surface area contributed by atoms with Gasteiger partial charge in [-0.3, -0.25) is 9.67 Å². The molecule has 0 radical (unpaired) electrons. The van der Waals surface area contributed by atoms with Crippen molar-refractivity contribution in [2.24, 2.45) is 0 Å². The number of aryl methyl sites for hydroxylation is 1. The second kappa shape index (κ2) is 8.31. The molecular weight excluding hydrogens is 430 g/mol. The van der Waals surface area contributed by atoms with Crippen LogP contribution in [0.2, 0.25) is 0 Å². The second-order valence-corrected chi connectivity index (χ2v) is 8.15. The van der Waals surface area contributed by atoms with E-state index in [0.29, 0.717) is 22.0 Å². The highest BCUT2D eigenvalue weighted by atomic mass is 32.1. The van der Waals surface area contributed by atoms with Crippen molar-refractivity contribution in [3.8, 4) is 17.1 Å². The van der Waals surface area contributed by atoms with E-state index in [1.54, 1.807) is 6.20 Å². The summed E-state index contributed by atoms with van der Waals surface area (Å²) < 4.78 is 31.7. The topological polar surface area (TPSA) is 63.5 Å². The van der Waals surface area contributed by atoms with Gasteiger partial charge < -0.3 is 5.32 Å². The van der Waals surface area contributed by atoms with E-state index >= 15 is 0 Å². The van der Waals surface area contributed by atoms with Crippen LogP contribution in [0, 0.1) is 4.77 Å². The number of anilines is 1. The van der Waals surface area contributed by atoms with Crippen molar-refractivity contribution < 1.29 is 8.78 Å². The summed E-state index contributed by atoms with van der Waals surface area (Å²) in [4.78, 5) is 0. The van der Waals surface area contributed by atoms with E-state index in [-0.39, 0.29) is 12.5 Å². The Balaban J connectivity index is 1.65. The van der Waals surface area contributed by atoms with Crippen LogP contribution in [0.25, 0.3) is 17.1 Å². The third-order valence-corrected chi connectivity index (χ3v) is 6.19. The number of halogens is 2. The number of H-pyrrole nitrogens is 1. The maximum Gasteiger partial charge on any atom is 0.260 e. The fraction of sp³-hybridized carbons (Fsp3) is 0.261. The van der Waals surface area contributed by atoms with Gasteiger partial charge in [-0.1, -0.05) is 55.5 Å². The van der Waals surface area contributed by atoms with Crippen LogP contribution in [0.1, 0.15) is 36.6 Å². The Morgan fingerprint density at radius 2 is 1.88 bits per heavy atom. The minimum Gasteiger partial charge on any atom is -0.363 e. The minimum atomic E-state index is -2.54. The first kappa shape index (κ1) is 20.6. The molecule has 5 rings (SSSR count). The molecule has 2 aromatic heterocycles. The van der Waals surface area contributed by atoms with E-state index in [9.17, 15) is 8.78 Å². The number of alkyl halides is 2. The van der Waals surface area contributed by atoms with Gasteiger partial charge in [-0.05, 0) is 42.3 Å². The number of hydrogen-bond donors (Lipinski definition) is 2. The van der Waals surface area contributed by atoms with Gasteiger partial charge in [0.15, 0.2) is 10.6 Å². The lowest BCUT2D eigenvalue weighted by Gasteiger charge is -2.32. The highest BCUT2D eigenvalue weighted by molar-refractivity contribution is 7.71. The molecule has 2 aromatic carbocycles. The van der Waals surface area contributed by atoms with Crippen LogP contribution in [0.15, 0.2) is 60.8 Å². The number of para-hydroxylation sites is 1. The molecular formula is C23H22F2N6S. The summed E-state index contributed by atoms with van der Waals surface area (Å²) in [5.41, 5.74) is 3.58. The number of fused-ring (bicyclic) bond motifs is 1. The molecule has 2 atom stereocenters. The van der Waals surface area contributed by atoms with E-state index in [1.165, 1.54) is 4.68 Å². The average molecular weight is 453 g/mol. The first-order chi connectivity index (χ1) is 15.6. The zero-order valence-corrected chi connectivity index (χ0v) is 18.2. The summed E-state index contributed by atoms with van der Waals surface area (Å²) in [6, 6.07) is 16.3. The lowest BCUT2D eigenvalue weighted by atomic mass is 9.97. The Kier molecular flexibility index (Phi) is 5.34. The van der Waals surface area contributed by atoms with Crippen LogP contribution >= 0.6 is 12.2 Å². The molecule has 2 N–H and O–H groups in total. The molecule has 0 saturated heterocycles. The summed E-state index contributed by atoms with van der Waals surface area (Å²) in [5.74, 6) is 1.05. The first-order valence-corrected chi connectivity index (χ1v) is 10.9. The van der Waals surface area contributed by atoms with Crippen LogP contribution in [0.4, 0.5) is 14.6 Å². The summed E-state index contributed by atoms with van der Waals surface area (Å²) in [7, 11) is 0. The number of nitrogens with one attached hydrogen (secondary N) is 2. The van der Waals surface area contributed by atoms with Gasteiger partial charge >= 0.3 is 0 Å². The Morgan fingerprint density at radius 1 is 1.12 bits per heavy atom. The zero-order chi connectivity index (χ0) is 22.2. The Bertz CT molecular complexity index is 1290. The monoisotopic (exact) mass is 452 g/mol. The SMILES string of the molecule is CCc1ccccc1-n1c(-c2cnn3c2N[C@H](c2ccccc2)C[C@H]3C(F)F)n[nH]c1=S. The lowest BCUT2D eigenvalue weighted by molar-refractivity contribution is 0.0659. The summed E-state index contributed by atoms with van der Waals surface area (Å²) in [6.07, 6.45) is 0.0928. The predicted molar refractivity (Wildman–Crippen MR) is 122 cm³/mol. The fourth-order valence-electron chi connectivity index (χ4n) is 4.33. The van der Waals surface area contributed by atoms with Crippen molar-refractivity contribution in [1.29, 1.82) is 0 Å². The molecule has 0 bridgehead atoms. The Hall–Kier alpha value is -3.33.